The first kappa shape index (κ1) is 19.8. The van der Waals surface area contributed by atoms with Crippen molar-refractivity contribution in [3.63, 3.8) is 0 Å². The van der Waals surface area contributed by atoms with E-state index in [1.807, 2.05) is 42.5 Å². The van der Waals surface area contributed by atoms with Crippen LogP contribution in [0.15, 0.2) is 48.0 Å². The molecule has 27 heavy (non-hydrogen) atoms. The molecular formula is C20H16ClN3O3. The van der Waals surface area contributed by atoms with Crippen molar-refractivity contribution in [1.82, 2.24) is 5.32 Å². The summed E-state index contributed by atoms with van der Waals surface area (Å²) >= 11 is 6.17. The molecule has 0 saturated heterocycles. The number of hydrogen-bond acceptors (Lipinski definition) is 5. The SMILES string of the molecule is COc1cc(/C=C(/C#N)C(=O)NCc2ccccc2)cc(Cl)c1OCC#N. The second-order valence-electron chi connectivity index (χ2n) is 5.32. The normalized spacial score (nSPS) is 10.4. The number of benzene rings is 2. The fraction of sp³-hybridized carbons (Fsp3) is 0.150. The van der Waals surface area contributed by atoms with Crippen molar-refractivity contribution in [1.29, 1.82) is 10.5 Å². The first-order valence-electron chi connectivity index (χ1n) is 7.90. The summed E-state index contributed by atoms with van der Waals surface area (Å²) in [7, 11) is 1.43. The van der Waals surface area contributed by atoms with Crippen LogP contribution >= 0.6 is 11.6 Å². The van der Waals surface area contributed by atoms with Crippen molar-refractivity contribution in [3.8, 4) is 23.6 Å². The molecule has 0 aliphatic heterocycles. The molecule has 0 radical (unpaired) electrons. The average molecular weight is 382 g/mol. The summed E-state index contributed by atoms with van der Waals surface area (Å²) in [6.07, 6.45) is 1.41. The topological polar surface area (TPSA) is 95.1 Å². The molecular weight excluding hydrogens is 366 g/mol. The van der Waals surface area contributed by atoms with Crippen molar-refractivity contribution >= 4 is 23.6 Å². The van der Waals surface area contributed by atoms with Crippen LogP contribution in [0.5, 0.6) is 11.5 Å². The number of halogens is 1. The van der Waals surface area contributed by atoms with Gasteiger partial charge in [0.2, 0.25) is 0 Å². The zero-order valence-corrected chi connectivity index (χ0v) is 15.3. The van der Waals surface area contributed by atoms with Crippen LogP contribution in [0.25, 0.3) is 6.08 Å². The number of hydrogen-bond donors (Lipinski definition) is 1. The molecule has 6 nitrogen and oxygen atoms in total. The van der Waals surface area contributed by atoms with Gasteiger partial charge in [0.25, 0.3) is 5.91 Å². The van der Waals surface area contributed by atoms with E-state index >= 15 is 0 Å². The Morgan fingerprint density at radius 3 is 2.63 bits per heavy atom. The van der Waals surface area contributed by atoms with Gasteiger partial charge in [-0.05, 0) is 29.3 Å². The van der Waals surface area contributed by atoms with E-state index in [4.69, 9.17) is 26.3 Å². The third kappa shape index (κ3) is 5.50. The van der Waals surface area contributed by atoms with E-state index in [0.717, 1.165) is 5.56 Å². The Kier molecular flexibility index (Phi) is 7.25. The van der Waals surface area contributed by atoms with Gasteiger partial charge in [-0.1, -0.05) is 41.9 Å². The maximum Gasteiger partial charge on any atom is 0.262 e. The zero-order chi connectivity index (χ0) is 19.6. The number of carbonyl (C=O) groups excluding carboxylic acids is 1. The standard InChI is InChI=1S/C20H16ClN3O3/c1-26-18-11-15(10-17(21)19(18)27-8-7-22)9-16(12-23)20(25)24-13-14-5-3-2-4-6-14/h2-6,9-11H,8,13H2,1H3,(H,24,25)/b16-9-. The molecule has 7 heteroatoms. The maximum atomic E-state index is 12.3. The molecule has 0 aromatic heterocycles. The molecule has 0 heterocycles. The number of nitrogens with zero attached hydrogens (tertiary/aromatic N) is 2. The van der Waals surface area contributed by atoms with Crippen LogP contribution in [-0.2, 0) is 11.3 Å². The van der Waals surface area contributed by atoms with Gasteiger partial charge in [-0.2, -0.15) is 10.5 Å². The van der Waals surface area contributed by atoms with Gasteiger partial charge in [0.1, 0.15) is 17.7 Å². The molecule has 0 unspecified atom stereocenters. The van der Waals surface area contributed by atoms with E-state index in [9.17, 15) is 10.1 Å². The molecule has 2 aromatic rings. The zero-order valence-electron chi connectivity index (χ0n) is 14.5. The van der Waals surface area contributed by atoms with E-state index in [-0.39, 0.29) is 23.0 Å². The lowest BCUT2D eigenvalue weighted by Crippen LogP contribution is -2.23. The molecule has 2 aromatic carbocycles. The minimum atomic E-state index is -0.499. The molecule has 0 bridgehead atoms. The van der Waals surface area contributed by atoms with Gasteiger partial charge >= 0.3 is 0 Å². The minimum Gasteiger partial charge on any atom is -0.493 e. The number of nitriles is 2. The number of ether oxygens (including phenoxy) is 2. The number of methoxy groups -OCH3 is 1. The van der Waals surface area contributed by atoms with Crippen molar-refractivity contribution in [2.75, 3.05) is 13.7 Å². The van der Waals surface area contributed by atoms with Gasteiger partial charge in [-0.15, -0.1) is 0 Å². The van der Waals surface area contributed by atoms with E-state index in [1.54, 1.807) is 6.07 Å². The first-order valence-corrected chi connectivity index (χ1v) is 8.28. The van der Waals surface area contributed by atoms with Crippen molar-refractivity contribution in [2.24, 2.45) is 0 Å². The number of nitrogens with one attached hydrogen (secondary N) is 1. The Labute approximate surface area is 162 Å². The van der Waals surface area contributed by atoms with E-state index in [1.165, 1.54) is 19.3 Å². The van der Waals surface area contributed by atoms with E-state index in [2.05, 4.69) is 5.32 Å². The van der Waals surface area contributed by atoms with Crippen LogP contribution in [0.2, 0.25) is 5.02 Å². The smallest absolute Gasteiger partial charge is 0.262 e. The van der Waals surface area contributed by atoms with Crippen molar-refractivity contribution in [3.05, 3.63) is 64.2 Å². The highest BCUT2D eigenvalue weighted by molar-refractivity contribution is 6.32. The molecule has 0 spiro atoms. The maximum absolute atomic E-state index is 12.3. The lowest BCUT2D eigenvalue weighted by Gasteiger charge is -2.11. The fourth-order valence-corrected chi connectivity index (χ4v) is 2.53. The average Bonchev–Trinajstić information content (AvgIpc) is 2.69. The highest BCUT2D eigenvalue weighted by Crippen LogP contribution is 2.37. The summed E-state index contributed by atoms with van der Waals surface area (Å²) in [5.74, 6) is 0.0251. The Morgan fingerprint density at radius 2 is 2.00 bits per heavy atom. The summed E-state index contributed by atoms with van der Waals surface area (Å²) in [6, 6.07) is 16.2. The van der Waals surface area contributed by atoms with Crippen LogP contribution in [-0.4, -0.2) is 19.6 Å². The number of amides is 1. The van der Waals surface area contributed by atoms with Crippen molar-refractivity contribution < 1.29 is 14.3 Å². The number of carbonyl (C=O) groups is 1. The molecule has 0 aliphatic rings. The van der Waals surface area contributed by atoms with E-state index < -0.39 is 5.91 Å². The lowest BCUT2D eigenvalue weighted by molar-refractivity contribution is -0.117. The van der Waals surface area contributed by atoms with E-state index in [0.29, 0.717) is 17.9 Å². The minimum absolute atomic E-state index is 0.0743. The molecule has 1 N–H and O–H groups in total. The van der Waals surface area contributed by atoms with Crippen LogP contribution in [0.4, 0.5) is 0 Å². The van der Waals surface area contributed by atoms with Gasteiger partial charge < -0.3 is 14.8 Å². The summed E-state index contributed by atoms with van der Waals surface area (Å²) in [5.41, 5.74) is 1.34. The van der Waals surface area contributed by atoms with Crippen LogP contribution in [0.3, 0.4) is 0 Å². The van der Waals surface area contributed by atoms with Gasteiger partial charge in [0, 0.05) is 6.54 Å². The molecule has 1 amide bonds. The first-order chi connectivity index (χ1) is 13.1. The fourth-order valence-electron chi connectivity index (χ4n) is 2.26. The lowest BCUT2D eigenvalue weighted by atomic mass is 10.1. The summed E-state index contributed by atoms with van der Waals surface area (Å²) < 4.78 is 10.5. The van der Waals surface area contributed by atoms with Crippen LogP contribution in [0.1, 0.15) is 11.1 Å². The second-order valence-corrected chi connectivity index (χ2v) is 5.73. The largest absolute Gasteiger partial charge is 0.493 e. The molecule has 136 valence electrons. The molecule has 0 aliphatic carbocycles. The van der Waals surface area contributed by atoms with Crippen molar-refractivity contribution in [2.45, 2.75) is 6.54 Å². The Bertz CT molecular complexity index is 928. The number of rotatable bonds is 7. The monoisotopic (exact) mass is 381 g/mol. The van der Waals surface area contributed by atoms with Gasteiger partial charge in [0.05, 0.1) is 12.1 Å². The summed E-state index contributed by atoms with van der Waals surface area (Å²) in [4.78, 5) is 12.3. The van der Waals surface area contributed by atoms with Crippen LogP contribution < -0.4 is 14.8 Å². The predicted octanol–water partition coefficient (Wildman–Crippen LogP) is 3.47. The molecule has 0 saturated carbocycles. The Morgan fingerprint density at radius 1 is 1.26 bits per heavy atom. The predicted molar refractivity (Wildman–Crippen MR) is 101 cm³/mol. The third-order valence-corrected chi connectivity index (χ3v) is 3.79. The van der Waals surface area contributed by atoms with Crippen LogP contribution in [0, 0.1) is 22.7 Å². The molecule has 0 atom stereocenters. The van der Waals surface area contributed by atoms with Gasteiger partial charge in [-0.25, -0.2) is 0 Å². The highest BCUT2D eigenvalue weighted by atomic mass is 35.5. The molecule has 0 fully saturated rings. The summed E-state index contributed by atoms with van der Waals surface area (Å²) in [6.45, 7) is 0.125. The Balaban J connectivity index is 2.21. The molecule has 2 rings (SSSR count). The highest BCUT2D eigenvalue weighted by Gasteiger charge is 2.14. The third-order valence-electron chi connectivity index (χ3n) is 3.50. The second kappa shape index (κ2) is 9.86. The van der Waals surface area contributed by atoms with Gasteiger partial charge in [-0.3, -0.25) is 4.79 Å². The van der Waals surface area contributed by atoms with Gasteiger partial charge in [0.15, 0.2) is 18.1 Å². The quantitative estimate of drug-likeness (QED) is 0.585. The summed E-state index contributed by atoms with van der Waals surface area (Å²) in [5, 5.41) is 20.9. The Hall–Kier alpha value is -3.48.